The van der Waals surface area contributed by atoms with Gasteiger partial charge in [0, 0.05) is 5.75 Å². The van der Waals surface area contributed by atoms with Crippen LogP contribution in [-0.4, -0.2) is 34.9 Å². The van der Waals surface area contributed by atoms with Crippen LogP contribution >= 0.6 is 0 Å². The first-order valence-electron chi connectivity index (χ1n) is 4.39. The molecule has 0 aliphatic heterocycles. The van der Waals surface area contributed by atoms with Gasteiger partial charge in [-0.05, 0) is 6.42 Å². The zero-order chi connectivity index (χ0) is 10.6. The van der Waals surface area contributed by atoms with Crippen LogP contribution in [0.3, 0.4) is 0 Å². The maximum atomic E-state index is 11.3. The Hall–Kier alpha value is -1.11. The monoisotopic (exact) mass is 218 g/mol. The molecule has 0 aromatic carbocycles. The minimum Gasteiger partial charge on any atom is -0.381 e. The molecule has 0 aliphatic carbocycles. The molecule has 0 saturated carbocycles. The molecule has 14 heavy (non-hydrogen) atoms. The van der Waals surface area contributed by atoms with E-state index in [0.29, 0.717) is 18.8 Å². The zero-order valence-corrected chi connectivity index (χ0v) is 8.87. The predicted molar refractivity (Wildman–Crippen MR) is 53.4 cm³/mol. The van der Waals surface area contributed by atoms with Crippen LogP contribution < -0.4 is 5.73 Å². The molecule has 0 radical (unpaired) electrons. The summed E-state index contributed by atoms with van der Waals surface area (Å²) in [6.45, 7) is 2.15. The highest BCUT2D eigenvalue weighted by Crippen LogP contribution is 1.97. The molecule has 0 spiro atoms. The molecular formula is C7H14N4O2S. The highest BCUT2D eigenvalue weighted by molar-refractivity contribution is 7.91. The Labute approximate surface area is 83.0 Å². The number of hydrogen-bond acceptors (Lipinski definition) is 5. The van der Waals surface area contributed by atoms with Gasteiger partial charge < -0.3 is 5.73 Å². The van der Waals surface area contributed by atoms with E-state index in [4.69, 9.17) is 5.73 Å². The van der Waals surface area contributed by atoms with E-state index in [1.54, 1.807) is 0 Å². The lowest BCUT2D eigenvalue weighted by Crippen LogP contribution is -2.16. The molecule has 0 unspecified atom stereocenters. The Morgan fingerprint density at radius 2 is 2.21 bits per heavy atom. The van der Waals surface area contributed by atoms with Gasteiger partial charge in [0.1, 0.15) is 0 Å². The lowest BCUT2D eigenvalue weighted by molar-refractivity contribution is 0.574. The lowest BCUT2D eigenvalue weighted by atomic mass is 10.6. The third-order valence-electron chi connectivity index (χ3n) is 1.70. The average molecular weight is 218 g/mol. The van der Waals surface area contributed by atoms with Crippen LogP contribution in [0.5, 0.6) is 0 Å². The number of nitrogens with zero attached hydrogens (tertiary/aromatic N) is 3. The quantitative estimate of drug-likeness (QED) is 0.731. The minimum atomic E-state index is -2.95. The molecule has 7 heteroatoms. The van der Waals surface area contributed by atoms with E-state index in [-0.39, 0.29) is 11.5 Å². The number of nitrogens with two attached hydrogens (primary N) is 1. The number of aromatic nitrogens is 3. The first-order chi connectivity index (χ1) is 6.53. The Morgan fingerprint density at radius 3 is 2.71 bits per heavy atom. The number of anilines is 1. The van der Waals surface area contributed by atoms with Crippen LogP contribution in [0.15, 0.2) is 6.20 Å². The Kier molecular flexibility index (Phi) is 3.45. The molecule has 0 amide bonds. The van der Waals surface area contributed by atoms with Crippen LogP contribution in [-0.2, 0) is 16.4 Å². The van der Waals surface area contributed by atoms with Gasteiger partial charge in [-0.1, -0.05) is 12.1 Å². The molecule has 0 atom stereocenters. The molecule has 6 nitrogen and oxygen atoms in total. The SMILES string of the molecule is CCCS(=O)(=O)CCn1cc(N)nn1. The van der Waals surface area contributed by atoms with E-state index < -0.39 is 9.84 Å². The number of aryl methyl sites for hydroxylation is 1. The van der Waals surface area contributed by atoms with Crippen molar-refractivity contribution in [2.45, 2.75) is 19.9 Å². The van der Waals surface area contributed by atoms with Crippen LogP contribution in [0.1, 0.15) is 13.3 Å². The number of sulfone groups is 1. The van der Waals surface area contributed by atoms with E-state index in [2.05, 4.69) is 10.3 Å². The molecule has 80 valence electrons. The van der Waals surface area contributed by atoms with Crippen LogP contribution in [0, 0.1) is 0 Å². The summed E-state index contributed by atoms with van der Waals surface area (Å²) in [5, 5.41) is 7.22. The van der Waals surface area contributed by atoms with E-state index in [9.17, 15) is 8.42 Å². The summed E-state index contributed by atoms with van der Waals surface area (Å²) >= 11 is 0. The fourth-order valence-corrected chi connectivity index (χ4v) is 2.36. The summed E-state index contributed by atoms with van der Waals surface area (Å²) < 4.78 is 24.1. The first kappa shape index (κ1) is 11.0. The third-order valence-corrected chi connectivity index (χ3v) is 3.54. The van der Waals surface area contributed by atoms with E-state index in [1.165, 1.54) is 10.9 Å². The van der Waals surface area contributed by atoms with Crippen molar-refractivity contribution >= 4 is 15.7 Å². The maximum Gasteiger partial charge on any atom is 0.165 e. The van der Waals surface area contributed by atoms with Crippen molar-refractivity contribution in [3.05, 3.63) is 6.20 Å². The molecule has 0 aliphatic rings. The van der Waals surface area contributed by atoms with Gasteiger partial charge in [0.05, 0.1) is 18.5 Å². The molecule has 1 heterocycles. The van der Waals surface area contributed by atoms with E-state index in [1.807, 2.05) is 6.92 Å². The Balaban J connectivity index is 2.48. The van der Waals surface area contributed by atoms with Gasteiger partial charge in [0.15, 0.2) is 15.7 Å². The zero-order valence-electron chi connectivity index (χ0n) is 8.05. The van der Waals surface area contributed by atoms with Gasteiger partial charge in [0.25, 0.3) is 0 Å². The van der Waals surface area contributed by atoms with Crippen molar-refractivity contribution in [1.82, 2.24) is 15.0 Å². The lowest BCUT2D eigenvalue weighted by Gasteiger charge is -2.01. The molecule has 0 fully saturated rings. The van der Waals surface area contributed by atoms with Crippen LogP contribution in [0.4, 0.5) is 5.82 Å². The van der Waals surface area contributed by atoms with E-state index in [0.717, 1.165) is 0 Å². The predicted octanol–water partition coefficient (Wildman–Crippen LogP) is -0.315. The van der Waals surface area contributed by atoms with Crippen molar-refractivity contribution in [3.8, 4) is 0 Å². The fraction of sp³-hybridized carbons (Fsp3) is 0.714. The van der Waals surface area contributed by atoms with Crippen molar-refractivity contribution in [2.75, 3.05) is 17.2 Å². The highest BCUT2D eigenvalue weighted by atomic mass is 32.2. The molecule has 0 saturated heterocycles. The second-order valence-corrected chi connectivity index (χ2v) is 5.36. The second kappa shape index (κ2) is 4.41. The average Bonchev–Trinajstić information content (AvgIpc) is 2.48. The van der Waals surface area contributed by atoms with Crippen molar-refractivity contribution in [3.63, 3.8) is 0 Å². The summed E-state index contributed by atoms with van der Waals surface area (Å²) in [5.74, 6) is 0.610. The van der Waals surface area contributed by atoms with E-state index >= 15 is 0 Å². The minimum absolute atomic E-state index is 0.0869. The largest absolute Gasteiger partial charge is 0.381 e. The van der Waals surface area contributed by atoms with Gasteiger partial charge in [0.2, 0.25) is 0 Å². The standard InChI is InChI=1S/C7H14N4O2S/c1-2-4-14(12,13)5-3-11-6-7(8)9-10-11/h6H,2-5,8H2,1H3. The highest BCUT2D eigenvalue weighted by Gasteiger charge is 2.09. The maximum absolute atomic E-state index is 11.3. The number of nitrogen functional groups attached to an aromatic ring is 1. The normalized spacial score (nSPS) is 11.8. The third kappa shape index (κ3) is 3.33. The van der Waals surface area contributed by atoms with Gasteiger partial charge >= 0.3 is 0 Å². The van der Waals surface area contributed by atoms with Crippen molar-refractivity contribution in [2.24, 2.45) is 0 Å². The summed E-state index contributed by atoms with van der Waals surface area (Å²) in [7, 11) is -2.95. The van der Waals surface area contributed by atoms with Crippen molar-refractivity contribution in [1.29, 1.82) is 0 Å². The number of rotatable bonds is 5. The summed E-state index contributed by atoms with van der Waals surface area (Å²) in [4.78, 5) is 0. The molecule has 0 bridgehead atoms. The first-order valence-corrected chi connectivity index (χ1v) is 6.21. The summed E-state index contributed by atoms with van der Waals surface area (Å²) in [6.07, 6.45) is 2.16. The topological polar surface area (TPSA) is 90.9 Å². The molecule has 1 aromatic rings. The Morgan fingerprint density at radius 1 is 1.50 bits per heavy atom. The summed E-state index contributed by atoms with van der Waals surface area (Å²) in [6, 6.07) is 0. The molecule has 1 rings (SSSR count). The van der Waals surface area contributed by atoms with Gasteiger partial charge in [-0.15, -0.1) is 5.10 Å². The van der Waals surface area contributed by atoms with Crippen LogP contribution in [0.25, 0.3) is 0 Å². The number of hydrogen-bond donors (Lipinski definition) is 1. The fourth-order valence-electron chi connectivity index (χ4n) is 1.07. The smallest absolute Gasteiger partial charge is 0.165 e. The van der Waals surface area contributed by atoms with Crippen molar-refractivity contribution < 1.29 is 8.42 Å². The van der Waals surface area contributed by atoms with Gasteiger partial charge in [-0.2, -0.15) is 0 Å². The Bertz CT molecular complexity index is 384. The molecule has 1 aromatic heterocycles. The van der Waals surface area contributed by atoms with Crippen LogP contribution in [0.2, 0.25) is 0 Å². The van der Waals surface area contributed by atoms with Gasteiger partial charge in [-0.3, -0.25) is 0 Å². The molecular weight excluding hydrogens is 204 g/mol. The second-order valence-electron chi connectivity index (χ2n) is 3.06. The summed E-state index contributed by atoms with van der Waals surface area (Å²) in [5.41, 5.74) is 5.33. The molecule has 2 N–H and O–H groups in total. The van der Waals surface area contributed by atoms with Gasteiger partial charge in [-0.25, -0.2) is 13.1 Å².